The Balaban J connectivity index is 1.54. The topological polar surface area (TPSA) is 125 Å². The molecule has 2 atom stereocenters. The summed E-state index contributed by atoms with van der Waals surface area (Å²) in [7, 11) is 0. The van der Waals surface area contributed by atoms with Crippen LogP contribution >= 0.6 is 0 Å². The second-order valence-electron chi connectivity index (χ2n) is 9.43. The number of rotatable bonds is 6. The second kappa shape index (κ2) is 9.58. The number of halogens is 1. The molecule has 2 heterocycles. The van der Waals surface area contributed by atoms with E-state index in [1.165, 1.54) is 24.3 Å². The number of amides is 2. The highest BCUT2D eigenvalue weighted by Gasteiger charge is 2.52. The molecular formula is C26H29FN4O4. The molecule has 9 heteroatoms. The number of fused-ring (bicyclic) bond motifs is 1. The number of anilines is 1. The van der Waals surface area contributed by atoms with E-state index in [9.17, 15) is 23.9 Å². The number of aliphatic hydroxyl groups is 1. The summed E-state index contributed by atoms with van der Waals surface area (Å²) < 4.78 is 13.2. The SMILES string of the molecule is CC(C)[C@H](C(=O)N1CCC(C(=O)c2ccc(F)cc2)CC1)C1(O)Nc2ccccc2N=C1C(N)=O. The van der Waals surface area contributed by atoms with Crippen molar-refractivity contribution in [2.24, 2.45) is 28.5 Å². The van der Waals surface area contributed by atoms with Crippen LogP contribution in [0.4, 0.5) is 15.8 Å². The van der Waals surface area contributed by atoms with Crippen LogP contribution in [-0.2, 0) is 9.59 Å². The van der Waals surface area contributed by atoms with Gasteiger partial charge in [0, 0.05) is 24.6 Å². The minimum absolute atomic E-state index is 0.0789. The van der Waals surface area contributed by atoms with Crippen molar-refractivity contribution in [2.75, 3.05) is 18.4 Å². The van der Waals surface area contributed by atoms with Gasteiger partial charge in [-0.25, -0.2) is 9.38 Å². The number of benzene rings is 2. The number of piperidine rings is 1. The molecule has 8 nitrogen and oxygen atoms in total. The third-order valence-corrected chi connectivity index (χ3v) is 6.74. The van der Waals surface area contributed by atoms with E-state index in [2.05, 4.69) is 10.3 Å². The zero-order valence-corrected chi connectivity index (χ0v) is 19.7. The maximum Gasteiger partial charge on any atom is 0.268 e. The van der Waals surface area contributed by atoms with Crippen molar-refractivity contribution in [3.8, 4) is 0 Å². The number of primary amides is 1. The predicted octanol–water partition coefficient (Wildman–Crippen LogP) is 2.89. The summed E-state index contributed by atoms with van der Waals surface area (Å²) >= 11 is 0. The minimum atomic E-state index is -2.09. The Bertz CT molecular complexity index is 1170. The first-order valence-corrected chi connectivity index (χ1v) is 11.7. The van der Waals surface area contributed by atoms with Gasteiger partial charge in [-0.2, -0.15) is 0 Å². The Morgan fingerprint density at radius 1 is 1.11 bits per heavy atom. The smallest absolute Gasteiger partial charge is 0.268 e. The number of likely N-dealkylation sites (tertiary alicyclic amines) is 1. The van der Waals surface area contributed by atoms with Crippen LogP contribution in [0.15, 0.2) is 53.5 Å². The van der Waals surface area contributed by atoms with E-state index < -0.39 is 23.4 Å². The number of hydrogen-bond acceptors (Lipinski definition) is 6. The van der Waals surface area contributed by atoms with Crippen molar-refractivity contribution in [1.29, 1.82) is 0 Å². The Morgan fingerprint density at radius 3 is 2.34 bits per heavy atom. The van der Waals surface area contributed by atoms with Crippen LogP contribution in [0.1, 0.15) is 37.0 Å². The Labute approximate surface area is 203 Å². The zero-order valence-electron chi connectivity index (χ0n) is 19.7. The van der Waals surface area contributed by atoms with E-state index in [4.69, 9.17) is 5.73 Å². The lowest BCUT2D eigenvalue weighted by Crippen LogP contribution is -2.63. The number of hydrogen-bond donors (Lipinski definition) is 3. The van der Waals surface area contributed by atoms with E-state index in [-0.39, 0.29) is 29.2 Å². The van der Waals surface area contributed by atoms with Gasteiger partial charge in [-0.15, -0.1) is 0 Å². The molecule has 1 fully saturated rings. The molecular weight excluding hydrogens is 451 g/mol. The molecule has 0 spiro atoms. The van der Waals surface area contributed by atoms with Crippen molar-refractivity contribution < 1.29 is 23.9 Å². The molecule has 2 aromatic rings. The van der Waals surface area contributed by atoms with Crippen molar-refractivity contribution in [2.45, 2.75) is 32.4 Å². The number of Topliss-reactive ketones (excluding diaryl/α,β-unsaturated/α-hetero) is 1. The number of aliphatic imine (C=N–C) groups is 1. The summed E-state index contributed by atoms with van der Waals surface area (Å²) in [5.41, 5.74) is 4.55. The van der Waals surface area contributed by atoms with E-state index in [1.807, 2.05) is 0 Å². The van der Waals surface area contributed by atoms with Gasteiger partial charge in [-0.1, -0.05) is 26.0 Å². The standard InChI is InChI=1S/C26H29FN4O4/c1-15(2)21(26(35)23(24(28)33)29-19-5-3-4-6-20(19)30-26)25(34)31-13-11-17(12-14-31)22(32)16-7-9-18(27)10-8-16/h3-10,15,17,21,30,35H,11-14H2,1-2H3,(H2,28,33)/t21-,26?/m1/s1. The Hall–Kier alpha value is -3.59. The van der Waals surface area contributed by atoms with Gasteiger partial charge in [0.05, 0.1) is 17.3 Å². The molecule has 4 N–H and O–H groups in total. The molecule has 0 aromatic heterocycles. The summed E-state index contributed by atoms with van der Waals surface area (Å²) in [6.45, 7) is 4.20. The van der Waals surface area contributed by atoms with E-state index in [0.717, 1.165) is 0 Å². The summed E-state index contributed by atoms with van der Waals surface area (Å²) in [5, 5.41) is 14.7. The number of ketones is 1. The molecule has 4 rings (SSSR count). The summed E-state index contributed by atoms with van der Waals surface area (Å²) in [5.74, 6) is -3.46. The number of para-hydroxylation sites is 2. The number of nitrogens with two attached hydrogens (primary N) is 1. The van der Waals surface area contributed by atoms with Crippen molar-refractivity contribution >= 4 is 34.7 Å². The molecule has 0 radical (unpaired) electrons. The number of carbonyl (C=O) groups excluding carboxylic acids is 3. The molecule has 184 valence electrons. The highest BCUT2D eigenvalue weighted by Crippen LogP contribution is 2.39. The van der Waals surface area contributed by atoms with Gasteiger partial charge in [0.1, 0.15) is 5.82 Å². The van der Waals surface area contributed by atoms with Crippen LogP contribution in [0.25, 0.3) is 0 Å². The largest absolute Gasteiger partial charge is 0.365 e. The highest BCUT2D eigenvalue weighted by atomic mass is 19.1. The van der Waals surface area contributed by atoms with Gasteiger partial charge in [0.2, 0.25) is 5.91 Å². The summed E-state index contributed by atoms with van der Waals surface area (Å²) in [4.78, 5) is 44.7. The lowest BCUT2D eigenvalue weighted by Gasteiger charge is -2.43. The number of carbonyl (C=O) groups is 3. The minimum Gasteiger partial charge on any atom is -0.365 e. The van der Waals surface area contributed by atoms with E-state index in [0.29, 0.717) is 42.9 Å². The molecule has 0 bridgehead atoms. The number of nitrogens with zero attached hydrogens (tertiary/aromatic N) is 2. The lowest BCUT2D eigenvalue weighted by atomic mass is 9.79. The van der Waals surface area contributed by atoms with Crippen LogP contribution < -0.4 is 11.1 Å². The fraction of sp³-hybridized carbons (Fsp3) is 0.385. The molecule has 35 heavy (non-hydrogen) atoms. The molecule has 2 aliphatic rings. The summed E-state index contributed by atoms with van der Waals surface area (Å²) in [6.07, 6.45) is 0.885. The maximum absolute atomic E-state index is 13.7. The van der Waals surface area contributed by atoms with E-state index in [1.54, 1.807) is 43.0 Å². The van der Waals surface area contributed by atoms with Crippen molar-refractivity contribution in [3.63, 3.8) is 0 Å². The quantitative estimate of drug-likeness (QED) is 0.549. The Morgan fingerprint density at radius 2 is 1.74 bits per heavy atom. The van der Waals surface area contributed by atoms with Gasteiger partial charge >= 0.3 is 0 Å². The van der Waals surface area contributed by atoms with Gasteiger partial charge in [-0.05, 0) is 55.2 Å². The lowest BCUT2D eigenvalue weighted by molar-refractivity contribution is -0.144. The first-order valence-electron chi connectivity index (χ1n) is 11.7. The predicted molar refractivity (Wildman–Crippen MR) is 130 cm³/mol. The molecule has 1 unspecified atom stereocenters. The maximum atomic E-state index is 13.7. The average Bonchev–Trinajstić information content (AvgIpc) is 2.83. The van der Waals surface area contributed by atoms with Gasteiger partial charge in [0.25, 0.3) is 5.91 Å². The molecule has 2 aromatic carbocycles. The second-order valence-corrected chi connectivity index (χ2v) is 9.43. The average molecular weight is 481 g/mol. The monoisotopic (exact) mass is 480 g/mol. The van der Waals surface area contributed by atoms with Crippen LogP contribution in [0.2, 0.25) is 0 Å². The molecule has 1 saturated heterocycles. The number of nitrogens with one attached hydrogen (secondary N) is 1. The third-order valence-electron chi connectivity index (χ3n) is 6.74. The molecule has 2 amide bonds. The normalized spacial score (nSPS) is 21.1. The van der Waals surface area contributed by atoms with Gasteiger partial charge in [0.15, 0.2) is 17.2 Å². The first-order chi connectivity index (χ1) is 16.6. The van der Waals surface area contributed by atoms with Crippen LogP contribution in [0.3, 0.4) is 0 Å². The molecule has 0 aliphatic carbocycles. The van der Waals surface area contributed by atoms with Crippen molar-refractivity contribution in [1.82, 2.24) is 4.90 Å². The van der Waals surface area contributed by atoms with Crippen LogP contribution in [0.5, 0.6) is 0 Å². The van der Waals surface area contributed by atoms with Crippen molar-refractivity contribution in [3.05, 3.63) is 59.9 Å². The zero-order chi connectivity index (χ0) is 25.3. The molecule has 2 aliphatic heterocycles. The Kier molecular flexibility index (Phi) is 6.71. The molecule has 0 saturated carbocycles. The first kappa shape index (κ1) is 24.5. The van der Waals surface area contributed by atoms with E-state index >= 15 is 0 Å². The highest BCUT2D eigenvalue weighted by molar-refractivity contribution is 6.43. The third kappa shape index (κ3) is 4.68. The van der Waals surface area contributed by atoms with Gasteiger partial charge in [-0.3, -0.25) is 14.4 Å². The fourth-order valence-corrected chi connectivity index (χ4v) is 4.97. The van der Waals surface area contributed by atoms with Gasteiger partial charge < -0.3 is 21.1 Å². The van der Waals surface area contributed by atoms with Crippen LogP contribution in [0, 0.1) is 23.6 Å². The fourth-order valence-electron chi connectivity index (χ4n) is 4.97. The summed E-state index contributed by atoms with van der Waals surface area (Å²) in [6, 6.07) is 12.3. The van der Waals surface area contributed by atoms with Crippen LogP contribution in [-0.4, -0.2) is 52.1 Å².